The van der Waals surface area contributed by atoms with Crippen molar-refractivity contribution >= 4 is 28.7 Å². The fraction of sp³-hybridized carbons (Fsp3) is 0.286. The Kier molecular flexibility index (Phi) is 4.64. The van der Waals surface area contributed by atoms with E-state index >= 15 is 0 Å². The molecular weight excluding hydrogens is 326 g/mol. The van der Waals surface area contributed by atoms with Crippen LogP contribution >= 0.6 is 0 Å². The van der Waals surface area contributed by atoms with Crippen LogP contribution in [0.5, 0.6) is 0 Å². The van der Waals surface area contributed by atoms with E-state index in [0.29, 0.717) is 11.5 Å². The zero-order valence-electron chi connectivity index (χ0n) is 15.5. The van der Waals surface area contributed by atoms with E-state index < -0.39 is 0 Å². The molecule has 0 spiro atoms. The summed E-state index contributed by atoms with van der Waals surface area (Å²) in [5.74, 6) is -0.113. The maximum atomic E-state index is 12.4. The van der Waals surface area contributed by atoms with Gasteiger partial charge in [0.25, 0.3) is 0 Å². The second-order valence-electron chi connectivity index (χ2n) is 7.45. The number of benzene rings is 2. The molecule has 1 heterocycles. The second-order valence-corrected chi connectivity index (χ2v) is 7.45. The van der Waals surface area contributed by atoms with Crippen molar-refractivity contribution in [2.24, 2.45) is 0 Å². The van der Waals surface area contributed by atoms with E-state index in [1.165, 1.54) is 0 Å². The predicted molar refractivity (Wildman–Crippen MR) is 103 cm³/mol. The molecule has 134 valence electrons. The number of carbonyl (C=O) groups is 2. The Hall–Kier alpha value is -2.95. The molecule has 3 rings (SSSR count). The van der Waals surface area contributed by atoms with Crippen LogP contribution in [0, 0.1) is 6.92 Å². The van der Waals surface area contributed by atoms with Gasteiger partial charge in [-0.25, -0.2) is 4.98 Å². The third kappa shape index (κ3) is 3.67. The van der Waals surface area contributed by atoms with Crippen LogP contribution in [0.1, 0.15) is 43.1 Å². The lowest BCUT2D eigenvalue weighted by molar-refractivity contribution is -0.115. The molecule has 0 aliphatic carbocycles. The normalized spacial score (nSPS) is 11.5. The van der Waals surface area contributed by atoms with E-state index in [1.807, 2.05) is 29.7 Å². The third-order valence-corrected chi connectivity index (χ3v) is 4.15. The number of anilines is 1. The van der Waals surface area contributed by atoms with Crippen LogP contribution in [0.15, 0.2) is 48.5 Å². The molecule has 0 atom stereocenters. The number of hydrogen-bond donors (Lipinski definition) is 1. The number of carbonyl (C=O) groups excluding carboxylic acids is 2. The topological polar surface area (TPSA) is 64.0 Å². The van der Waals surface area contributed by atoms with Crippen molar-refractivity contribution in [2.75, 3.05) is 5.32 Å². The van der Waals surface area contributed by atoms with Crippen molar-refractivity contribution in [1.29, 1.82) is 0 Å². The van der Waals surface area contributed by atoms with Crippen molar-refractivity contribution in [3.63, 3.8) is 0 Å². The average molecular weight is 349 g/mol. The number of nitrogens with zero attached hydrogens (tertiary/aromatic N) is 2. The van der Waals surface area contributed by atoms with Gasteiger partial charge in [0.1, 0.15) is 0 Å². The van der Waals surface area contributed by atoms with Gasteiger partial charge in [0.2, 0.25) is 11.9 Å². The van der Waals surface area contributed by atoms with Gasteiger partial charge in [0, 0.05) is 11.1 Å². The molecule has 1 aromatic heterocycles. The fourth-order valence-electron chi connectivity index (χ4n) is 2.99. The second kappa shape index (κ2) is 6.75. The number of imidazole rings is 1. The highest BCUT2D eigenvalue weighted by molar-refractivity contribution is 6.10. The molecule has 0 unspecified atom stereocenters. The van der Waals surface area contributed by atoms with Crippen LogP contribution in [-0.2, 0) is 10.3 Å². The molecule has 0 bridgehead atoms. The number of amides is 1. The van der Waals surface area contributed by atoms with Crippen molar-refractivity contribution in [1.82, 2.24) is 9.55 Å². The number of rotatable bonds is 4. The summed E-state index contributed by atoms with van der Waals surface area (Å²) in [6, 6.07) is 14.8. The molecule has 0 saturated carbocycles. The summed E-state index contributed by atoms with van der Waals surface area (Å²) in [5, 5.41) is 2.82. The number of aromatic nitrogens is 2. The lowest BCUT2D eigenvalue weighted by atomic mass is 10.1. The zero-order chi connectivity index (χ0) is 18.9. The summed E-state index contributed by atoms with van der Waals surface area (Å²) in [5.41, 5.74) is 3.16. The Balaban J connectivity index is 1.88. The minimum atomic E-state index is -0.364. The molecule has 2 aromatic carbocycles. The maximum Gasteiger partial charge on any atom is 0.234 e. The van der Waals surface area contributed by atoms with E-state index in [0.717, 1.165) is 16.6 Å². The SMILES string of the molecule is Cc1ccc2nc(NC(=O)CC(=O)c3ccccc3)n(C(C)(C)C)c2c1. The first-order valence-electron chi connectivity index (χ1n) is 8.63. The van der Waals surface area contributed by atoms with Crippen molar-refractivity contribution < 1.29 is 9.59 Å². The highest BCUT2D eigenvalue weighted by Crippen LogP contribution is 2.28. The summed E-state index contributed by atoms with van der Waals surface area (Å²) in [4.78, 5) is 29.2. The number of aryl methyl sites for hydroxylation is 1. The lowest BCUT2D eigenvalue weighted by Gasteiger charge is -2.24. The molecule has 3 aromatic rings. The minimum absolute atomic E-state index is 0.211. The molecule has 0 radical (unpaired) electrons. The molecule has 26 heavy (non-hydrogen) atoms. The van der Waals surface area contributed by atoms with Crippen molar-refractivity contribution in [3.05, 3.63) is 59.7 Å². The Morgan fingerprint density at radius 1 is 1.08 bits per heavy atom. The average Bonchev–Trinajstić information content (AvgIpc) is 2.92. The van der Waals surface area contributed by atoms with E-state index in [1.54, 1.807) is 24.3 Å². The molecular formula is C21H23N3O2. The largest absolute Gasteiger partial charge is 0.305 e. The summed E-state index contributed by atoms with van der Waals surface area (Å²) < 4.78 is 2.00. The number of hydrogen-bond acceptors (Lipinski definition) is 3. The summed E-state index contributed by atoms with van der Waals surface area (Å²) in [7, 11) is 0. The van der Waals surface area contributed by atoms with Gasteiger partial charge in [-0.3, -0.25) is 14.9 Å². The van der Waals surface area contributed by atoms with Crippen LogP contribution in [0.3, 0.4) is 0 Å². The van der Waals surface area contributed by atoms with Crippen LogP contribution < -0.4 is 5.32 Å². The molecule has 1 amide bonds. The fourth-order valence-corrected chi connectivity index (χ4v) is 2.99. The number of fused-ring (bicyclic) bond motifs is 1. The van der Waals surface area contributed by atoms with Gasteiger partial charge >= 0.3 is 0 Å². The Morgan fingerprint density at radius 3 is 2.42 bits per heavy atom. The minimum Gasteiger partial charge on any atom is -0.305 e. The molecule has 0 saturated heterocycles. The van der Waals surface area contributed by atoms with Gasteiger partial charge in [-0.15, -0.1) is 0 Å². The van der Waals surface area contributed by atoms with Crippen LogP contribution in [0.2, 0.25) is 0 Å². The molecule has 0 aliphatic rings. The first-order valence-corrected chi connectivity index (χ1v) is 8.63. The van der Waals surface area contributed by atoms with Gasteiger partial charge in [-0.2, -0.15) is 0 Å². The quantitative estimate of drug-likeness (QED) is 0.564. The summed E-state index contributed by atoms with van der Waals surface area (Å²) >= 11 is 0. The van der Waals surface area contributed by atoms with E-state index in [2.05, 4.69) is 37.1 Å². The first kappa shape index (κ1) is 17.9. The van der Waals surface area contributed by atoms with Crippen molar-refractivity contribution in [3.8, 4) is 0 Å². The molecule has 0 aliphatic heterocycles. The monoisotopic (exact) mass is 349 g/mol. The molecule has 1 N–H and O–H groups in total. The highest BCUT2D eigenvalue weighted by atomic mass is 16.2. The lowest BCUT2D eigenvalue weighted by Crippen LogP contribution is -2.26. The Bertz CT molecular complexity index is 966. The van der Waals surface area contributed by atoms with E-state index in [4.69, 9.17) is 0 Å². The highest BCUT2D eigenvalue weighted by Gasteiger charge is 2.23. The maximum absolute atomic E-state index is 12.4. The number of nitrogens with one attached hydrogen (secondary N) is 1. The van der Waals surface area contributed by atoms with Gasteiger partial charge < -0.3 is 4.57 Å². The first-order chi connectivity index (χ1) is 12.3. The predicted octanol–water partition coefficient (Wildman–Crippen LogP) is 4.31. The van der Waals surface area contributed by atoms with Crippen molar-refractivity contribution in [2.45, 2.75) is 39.7 Å². The number of Topliss-reactive ketones (excluding diaryl/α,β-unsaturated/α-hetero) is 1. The molecule has 0 fully saturated rings. The Morgan fingerprint density at radius 2 is 1.77 bits per heavy atom. The Labute approximate surface area is 153 Å². The summed E-state index contributed by atoms with van der Waals surface area (Å²) in [6.45, 7) is 8.19. The summed E-state index contributed by atoms with van der Waals surface area (Å²) in [6.07, 6.45) is -0.212. The van der Waals surface area contributed by atoms with E-state index in [9.17, 15) is 9.59 Å². The molecule has 5 heteroatoms. The van der Waals surface area contributed by atoms with Gasteiger partial charge in [-0.05, 0) is 45.4 Å². The van der Waals surface area contributed by atoms with Crippen LogP contribution in [-0.4, -0.2) is 21.2 Å². The number of ketones is 1. The van der Waals surface area contributed by atoms with Crippen LogP contribution in [0.25, 0.3) is 11.0 Å². The molecule has 5 nitrogen and oxygen atoms in total. The van der Waals surface area contributed by atoms with Gasteiger partial charge in [-0.1, -0.05) is 36.4 Å². The smallest absolute Gasteiger partial charge is 0.234 e. The van der Waals surface area contributed by atoms with E-state index in [-0.39, 0.29) is 23.7 Å². The van der Waals surface area contributed by atoms with Gasteiger partial charge in [0.15, 0.2) is 5.78 Å². The standard InChI is InChI=1S/C21H23N3O2/c1-14-10-11-16-17(12-14)24(21(2,3)4)20(22-16)23-19(26)13-18(25)15-8-6-5-7-9-15/h5-12H,13H2,1-4H3,(H,22,23,26). The zero-order valence-corrected chi connectivity index (χ0v) is 15.5. The van der Waals surface area contributed by atoms with Crippen LogP contribution in [0.4, 0.5) is 5.95 Å². The van der Waals surface area contributed by atoms with Gasteiger partial charge in [0.05, 0.1) is 17.5 Å². The third-order valence-electron chi connectivity index (χ3n) is 4.15.